The van der Waals surface area contributed by atoms with E-state index < -0.39 is 6.43 Å². The van der Waals surface area contributed by atoms with Crippen molar-refractivity contribution < 1.29 is 18.3 Å². The molecule has 1 atom stereocenters. The van der Waals surface area contributed by atoms with Crippen molar-refractivity contribution in [3.63, 3.8) is 0 Å². The number of halogens is 2. The number of aromatic nitrogens is 2. The predicted molar refractivity (Wildman–Crippen MR) is 56.7 cm³/mol. The van der Waals surface area contributed by atoms with E-state index in [1.807, 2.05) is 0 Å². The van der Waals surface area contributed by atoms with E-state index in [1.54, 1.807) is 0 Å². The van der Waals surface area contributed by atoms with Crippen molar-refractivity contribution in [2.75, 3.05) is 13.2 Å². The maximum atomic E-state index is 12.3. The zero-order valence-electron chi connectivity index (χ0n) is 9.52. The van der Waals surface area contributed by atoms with Crippen LogP contribution in [0, 0.1) is 0 Å². The fourth-order valence-corrected chi connectivity index (χ4v) is 1.74. The number of nitrogens with zero attached hydrogens (tertiary/aromatic N) is 2. The second-order valence-corrected chi connectivity index (χ2v) is 3.97. The highest BCUT2D eigenvalue weighted by molar-refractivity contribution is 4.99. The molecule has 1 unspecified atom stereocenters. The molecule has 1 aromatic heterocycles. The fraction of sp³-hybridized carbons (Fsp3) is 0.727. The Morgan fingerprint density at radius 3 is 3.06 bits per heavy atom. The molecular weight excluding hydrogens is 230 g/mol. The molecule has 96 valence electrons. The Bertz CT molecular complexity index is 338. The summed E-state index contributed by atoms with van der Waals surface area (Å²) < 4.78 is 36.9. The van der Waals surface area contributed by atoms with Crippen molar-refractivity contribution in [3.8, 4) is 0 Å². The lowest BCUT2D eigenvalue weighted by Gasteiger charge is -2.22. The monoisotopic (exact) mass is 246 g/mol. The largest absolute Gasteiger partial charge is 0.353 e. The van der Waals surface area contributed by atoms with Crippen LogP contribution in [0.25, 0.3) is 0 Å². The van der Waals surface area contributed by atoms with E-state index >= 15 is 0 Å². The first kappa shape index (κ1) is 12.4. The van der Waals surface area contributed by atoms with Gasteiger partial charge >= 0.3 is 0 Å². The molecule has 0 N–H and O–H groups in total. The first-order chi connectivity index (χ1) is 8.25. The molecule has 0 saturated carbocycles. The van der Waals surface area contributed by atoms with Crippen molar-refractivity contribution in [2.24, 2.45) is 0 Å². The Kier molecular flexibility index (Phi) is 4.44. The molecule has 1 aromatic rings. The van der Waals surface area contributed by atoms with Crippen molar-refractivity contribution >= 4 is 0 Å². The SMILES string of the molecule is FC(F)c1ccn(CCOC2CCCCO2)n1. The van der Waals surface area contributed by atoms with Gasteiger partial charge in [0.1, 0.15) is 5.69 Å². The maximum absolute atomic E-state index is 12.3. The van der Waals surface area contributed by atoms with Gasteiger partial charge in [0.15, 0.2) is 6.29 Å². The molecule has 1 aliphatic heterocycles. The van der Waals surface area contributed by atoms with E-state index in [2.05, 4.69) is 5.10 Å². The summed E-state index contributed by atoms with van der Waals surface area (Å²) in [5, 5.41) is 3.74. The number of alkyl halides is 2. The van der Waals surface area contributed by atoms with Crippen LogP contribution in [0.5, 0.6) is 0 Å². The Labute approximate surface area is 98.5 Å². The third-order valence-electron chi connectivity index (χ3n) is 2.65. The number of hydrogen-bond acceptors (Lipinski definition) is 3. The quantitative estimate of drug-likeness (QED) is 0.800. The molecular formula is C11H16F2N2O2. The minimum absolute atomic E-state index is 0.145. The van der Waals surface area contributed by atoms with Crippen molar-refractivity contribution in [2.45, 2.75) is 38.5 Å². The summed E-state index contributed by atoms with van der Waals surface area (Å²) in [6, 6.07) is 1.32. The second-order valence-electron chi connectivity index (χ2n) is 3.97. The van der Waals surface area contributed by atoms with Crippen LogP contribution in [-0.4, -0.2) is 29.3 Å². The lowest BCUT2D eigenvalue weighted by Crippen LogP contribution is -2.24. The molecule has 1 fully saturated rings. The van der Waals surface area contributed by atoms with Crippen molar-refractivity contribution in [1.29, 1.82) is 0 Å². The number of hydrogen-bond donors (Lipinski definition) is 0. The van der Waals surface area contributed by atoms with Crippen LogP contribution in [0.1, 0.15) is 31.4 Å². The van der Waals surface area contributed by atoms with E-state index in [9.17, 15) is 8.78 Å². The average Bonchev–Trinajstić information content (AvgIpc) is 2.79. The van der Waals surface area contributed by atoms with Gasteiger partial charge < -0.3 is 9.47 Å². The summed E-state index contributed by atoms with van der Waals surface area (Å²) in [6.07, 6.45) is 1.97. The van der Waals surface area contributed by atoms with E-state index in [4.69, 9.17) is 9.47 Å². The van der Waals surface area contributed by atoms with Gasteiger partial charge in [-0.3, -0.25) is 4.68 Å². The molecule has 0 aliphatic carbocycles. The minimum Gasteiger partial charge on any atom is -0.353 e. The van der Waals surface area contributed by atoms with Gasteiger partial charge in [0.25, 0.3) is 6.43 Å². The van der Waals surface area contributed by atoms with Gasteiger partial charge in [0.05, 0.1) is 13.2 Å². The van der Waals surface area contributed by atoms with E-state index in [0.717, 1.165) is 25.9 Å². The van der Waals surface area contributed by atoms with Crippen molar-refractivity contribution in [1.82, 2.24) is 9.78 Å². The van der Waals surface area contributed by atoms with Gasteiger partial charge in [0, 0.05) is 12.8 Å². The summed E-state index contributed by atoms with van der Waals surface area (Å²) in [7, 11) is 0. The topological polar surface area (TPSA) is 36.3 Å². The number of rotatable bonds is 5. The molecule has 4 nitrogen and oxygen atoms in total. The van der Waals surface area contributed by atoms with E-state index in [-0.39, 0.29) is 12.0 Å². The molecule has 0 bridgehead atoms. The summed E-state index contributed by atoms with van der Waals surface area (Å²) >= 11 is 0. The Balaban J connectivity index is 1.70. The van der Waals surface area contributed by atoms with Gasteiger partial charge in [-0.25, -0.2) is 8.78 Å². The van der Waals surface area contributed by atoms with Crippen LogP contribution < -0.4 is 0 Å². The van der Waals surface area contributed by atoms with Gasteiger partial charge in [-0.15, -0.1) is 0 Å². The molecule has 6 heteroatoms. The van der Waals surface area contributed by atoms with Crippen LogP contribution in [0.4, 0.5) is 8.78 Å². The van der Waals surface area contributed by atoms with Crippen LogP contribution >= 0.6 is 0 Å². The molecule has 0 amide bonds. The molecule has 2 heterocycles. The Morgan fingerprint density at radius 1 is 1.53 bits per heavy atom. The maximum Gasteiger partial charge on any atom is 0.282 e. The molecule has 17 heavy (non-hydrogen) atoms. The molecule has 0 spiro atoms. The number of ether oxygens (including phenoxy) is 2. The van der Waals surface area contributed by atoms with Gasteiger partial charge in [-0.05, 0) is 25.3 Å². The minimum atomic E-state index is -2.51. The molecule has 1 aliphatic rings. The molecule has 0 radical (unpaired) electrons. The zero-order valence-corrected chi connectivity index (χ0v) is 9.52. The average molecular weight is 246 g/mol. The third kappa shape index (κ3) is 3.74. The summed E-state index contributed by atoms with van der Waals surface area (Å²) in [5.41, 5.74) is -0.195. The highest BCUT2D eigenvalue weighted by Gasteiger charge is 2.14. The van der Waals surface area contributed by atoms with E-state index in [1.165, 1.54) is 16.9 Å². The standard InChI is InChI=1S/C11H16F2N2O2/c12-11(13)9-4-5-15(14-9)6-8-17-10-3-1-2-7-16-10/h4-5,10-11H,1-3,6-8H2. The molecule has 0 aromatic carbocycles. The highest BCUT2D eigenvalue weighted by Crippen LogP contribution is 2.16. The van der Waals surface area contributed by atoms with Crippen LogP contribution in [-0.2, 0) is 16.0 Å². The van der Waals surface area contributed by atoms with Crippen LogP contribution in [0.3, 0.4) is 0 Å². The summed E-state index contributed by atoms with van der Waals surface area (Å²) in [4.78, 5) is 0. The van der Waals surface area contributed by atoms with Gasteiger partial charge in [-0.1, -0.05) is 0 Å². The Hall–Kier alpha value is -1.01. The van der Waals surface area contributed by atoms with Gasteiger partial charge in [-0.2, -0.15) is 5.10 Å². The zero-order chi connectivity index (χ0) is 12.1. The predicted octanol–water partition coefficient (Wildman–Crippen LogP) is 2.36. The lowest BCUT2D eigenvalue weighted by atomic mass is 10.2. The normalized spacial score (nSPS) is 21.0. The fourth-order valence-electron chi connectivity index (χ4n) is 1.74. The molecule has 2 rings (SSSR count). The first-order valence-corrected chi connectivity index (χ1v) is 5.80. The van der Waals surface area contributed by atoms with E-state index in [0.29, 0.717) is 13.2 Å². The molecule has 1 saturated heterocycles. The first-order valence-electron chi connectivity index (χ1n) is 5.80. The van der Waals surface area contributed by atoms with Gasteiger partial charge in [0.2, 0.25) is 0 Å². The second kappa shape index (κ2) is 6.07. The van der Waals surface area contributed by atoms with Crippen molar-refractivity contribution in [3.05, 3.63) is 18.0 Å². The van der Waals surface area contributed by atoms with Crippen LogP contribution in [0.15, 0.2) is 12.3 Å². The lowest BCUT2D eigenvalue weighted by molar-refractivity contribution is -0.163. The third-order valence-corrected chi connectivity index (χ3v) is 2.65. The summed E-state index contributed by atoms with van der Waals surface area (Å²) in [5.74, 6) is 0. The Morgan fingerprint density at radius 2 is 2.41 bits per heavy atom. The highest BCUT2D eigenvalue weighted by atomic mass is 19.3. The summed E-state index contributed by atoms with van der Waals surface area (Å²) in [6.45, 7) is 1.63. The van der Waals surface area contributed by atoms with Crippen LogP contribution in [0.2, 0.25) is 0 Å². The smallest absolute Gasteiger partial charge is 0.282 e.